The van der Waals surface area contributed by atoms with Gasteiger partial charge in [0, 0.05) is 10.5 Å². The highest BCUT2D eigenvalue weighted by Gasteiger charge is 2.08. The minimum Gasteiger partial charge on any atom is -0.360 e. The van der Waals surface area contributed by atoms with Crippen LogP contribution in [-0.2, 0) is 6.42 Å². The van der Waals surface area contributed by atoms with Gasteiger partial charge in [0.2, 0.25) is 0 Å². The summed E-state index contributed by atoms with van der Waals surface area (Å²) in [6.45, 7) is 2.06. The summed E-state index contributed by atoms with van der Waals surface area (Å²) in [4.78, 5) is 0. The second kappa shape index (κ2) is 8.25. The number of aryl methyl sites for hydroxylation is 1. The molecule has 0 radical (unpaired) electrons. The van der Waals surface area contributed by atoms with Gasteiger partial charge in [-0.25, -0.2) is 4.39 Å². The van der Waals surface area contributed by atoms with Gasteiger partial charge in [0.1, 0.15) is 5.82 Å². The standard InChI is InChI=1S/C17H18BrFN2S/c1-12(7-8-13-5-3-2-4-6-13)20-17(22)21-16-10-9-14(18)11-15(16)19/h2-6,9-12H,7-8H2,1H3,(H2,20,21,22). The minimum atomic E-state index is -0.338. The first kappa shape index (κ1) is 16.9. The molecule has 2 rings (SSSR count). The van der Waals surface area contributed by atoms with Gasteiger partial charge in [-0.3, -0.25) is 0 Å². The molecule has 0 bridgehead atoms. The van der Waals surface area contributed by atoms with E-state index >= 15 is 0 Å². The smallest absolute Gasteiger partial charge is 0.171 e. The molecule has 0 aliphatic heterocycles. The molecule has 0 spiro atoms. The first-order valence-corrected chi connectivity index (χ1v) is 8.31. The largest absolute Gasteiger partial charge is 0.360 e. The third-order valence-corrected chi connectivity index (χ3v) is 3.98. The van der Waals surface area contributed by atoms with Crippen molar-refractivity contribution in [1.29, 1.82) is 0 Å². The molecule has 0 saturated heterocycles. The fraction of sp³-hybridized carbons (Fsp3) is 0.235. The van der Waals surface area contributed by atoms with Crippen molar-refractivity contribution < 1.29 is 4.39 Å². The average Bonchev–Trinajstić information content (AvgIpc) is 2.49. The second-order valence-corrected chi connectivity index (χ2v) is 6.47. The highest BCUT2D eigenvalue weighted by molar-refractivity contribution is 9.10. The van der Waals surface area contributed by atoms with Crippen LogP contribution in [0.4, 0.5) is 10.1 Å². The highest BCUT2D eigenvalue weighted by atomic mass is 79.9. The minimum absolute atomic E-state index is 0.207. The molecule has 2 aromatic rings. The van der Waals surface area contributed by atoms with Gasteiger partial charge in [0.25, 0.3) is 0 Å². The topological polar surface area (TPSA) is 24.1 Å². The Kier molecular flexibility index (Phi) is 6.34. The first-order chi connectivity index (χ1) is 10.5. The van der Waals surface area contributed by atoms with Crippen molar-refractivity contribution in [3.63, 3.8) is 0 Å². The summed E-state index contributed by atoms with van der Waals surface area (Å²) in [6.07, 6.45) is 1.93. The van der Waals surface area contributed by atoms with E-state index in [0.717, 1.165) is 12.8 Å². The quantitative estimate of drug-likeness (QED) is 0.721. The fourth-order valence-corrected chi connectivity index (χ4v) is 2.72. The number of anilines is 1. The van der Waals surface area contributed by atoms with Gasteiger partial charge in [-0.05, 0) is 55.7 Å². The lowest BCUT2D eigenvalue weighted by Gasteiger charge is -2.17. The van der Waals surface area contributed by atoms with Crippen molar-refractivity contribution in [3.05, 3.63) is 64.4 Å². The molecule has 2 nitrogen and oxygen atoms in total. The number of rotatable bonds is 5. The van der Waals surface area contributed by atoms with Crippen LogP contribution in [0.3, 0.4) is 0 Å². The van der Waals surface area contributed by atoms with Crippen molar-refractivity contribution in [2.75, 3.05) is 5.32 Å². The molecule has 116 valence electrons. The lowest BCUT2D eigenvalue weighted by molar-refractivity contribution is 0.608. The molecule has 0 aliphatic carbocycles. The number of nitrogens with one attached hydrogen (secondary N) is 2. The Bertz CT molecular complexity index is 634. The van der Waals surface area contributed by atoms with Crippen molar-refractivity contribution in [1.82, 2.24) is 5.32 Å². The maximum absolute atomic E-state index is 13.7. The summed E-state index contributed by atoms with van der Waals surface area (Å²) >= 11 is 8.46. The summed E-state index contributed by atoms with van der Waals surface area (Å²) in [5.74, 6) is -0.338. The van der Waals surface area contributed by atoms with Crippen LogP contribution in [0.1, 0.15) is 18.9 Å². The van der Waals surface area contributed by atoms with Crippen molar-refractivity contribution in [3.8, 4) is 0 Å². The molecule has 0 heterocycles. The van der Waals surface area contributed by atoms with Gasteiger partial charge in [-0.15, -0.1) is 0 Å². The van der Waals surface area contributed by atoms with Crippen LogP contribution in [0.25, 0.3) is 0 Å². The molecule has 0 saturated carbocycles. The van der Waals surface area contributed by atoms with Gasteiger partial charge in [-0.1, -0.05) is 46.3 Å². The van der Waals surface area contributed by atoms with Crippen LogP contribution in [-0.4, -0.2) is 11.2 Å². The number of halogens is 2. The predicted octanol–water partition coefficient (Wildman–Crippen LogP) is 4.90. The van der Waals surface area contributed by atoms with E-state index in [0.29, 0.717) is 15.3 Å². The normalized spacial score (nSPS) is 11.8. The second-order valence-electron chi connectivity index (χ2n) is 5.15. The fourth-order valence-electron chi connectivity index (χ4n) is 2.07. The van der Waals surface area contributed by atoms with Crippen LogP contribution >= 0.6 is 28.1 Å². The van der Waals surface area contributed by atoms with Gasteiger partial charge in [0.15, 0.2) is 5.11 Å². The van der Waals surface area contributed by atoms with E-state index in [1.807, 2.05) is 18.2 Å². The van der Waals surface area contributed by atoms with E-state index in [4.69, 9.17) is 12.2 Å². The first-order valence-electron chi connectivity index (χ1n) is 7.11. The van der Waals surface area contributed by atoms with Crippen molar-refractivity contribution in [2.45, 2.75) is 25.8 Å². The Balaban J connectivity index is 1.81. The number of hydrogen-bond acceptors (Lipinski definition) is 1. The molecule has 0 amide bonds. The van der Waals surface area contributed by atoms with E-state index < -0.39 is 0 Å². The number of benzene rings is 2. The summed E-state index contributed by atoms with van der Waals surface area (Å²) in [5, 5.41) is 6.51. The van der Waals surface area contributed by atoms with Crippen LogP contribution in [0.2, 0.25) is 0 Å². The molecular weight excluding hydrogens is 363 g/mol. The van der Waals surface area contributed by atoms with Crippen LogP contribution < -0.4 is 10.6 Å². The summed E-state index contributed by atoms with van der Waals surface area (Å²) < 4.78 is 14.4. The lowest BCUT2D eigenvalue weighted by atomic mass is 10.1. The van der Waals surface area contributed by atoms with Crippen LogP contribution in [0.15, 0.2) is 53.0 Å². The maximum atomic E-state index is 13.7. The molecule has 0 aromatic heterocycles. The average molecular weight is 381 g/mol. The molecule has 0 fully saturated rings. The van der Waals surface area contributed by atoms with E-state index in [-0.39, 0.29) is 11.9 Å². The lowest BCUT2D eigenvalue weighted by Crippen LogP contribution is -2.36. The molecule has 2 aromatic carbocycles. The molecule has 22 heavy (non-hydrogen) atoms. The van der Waals surface area contributed by atoms with Crippen LogP contribution in [0, 0.1) is 5.82 Å². The zero-order valence-corrected chi connectivity index (χ0v) is 14.7. The molecular formula is C17H18BrFN2S. The Labute approximate surface area is 144 Å². The van der Waals surface area contributed by atoms with Gasteiger partial charge in [-0.2, -0.15) is 0 Å². The monoisotopic (exact) mass is 380 g/mol. The Hall–Kier alpha value is -1.46. The molecule has 0 aliphatic rings. The van der Waals surface area contributed by atoms with Crippen molar-refractivity contribution in [2.24, 2.45) is 0 Å². The van der Waals surface area contributed by atoms with Gasteiger partial charge in [0.05, 0.1) is 5.69 Å². The molecule has 1 atom stereocenters. The maximum Gasteiger partial charge on any atom is 0.171 e. The third-order valence-electron chi connectivity index (χ3n) is 3.27. The molecule has 5 heteroatoms. The van der Waals surface area contributed by atoms with Gasteiger partial charge < -0.3 is 10.6 Å². The zero-order valence-electron chi connectivity index (χ0n) is 12.3. The number of thiocarbonyl (C=S) groups is 1. The Morgan fingerprint density at radius 2 is 1.95 bits per heavy atom. The Morgan fingerprint density at radius 1 is 1.23 bits per heavy atom. The third kappa shape index (κ3) is 5.39. The van der Waals surface area contributed by atoms with Crippen LogP contribution in [0.5, 0.6) is 0 Å². The Morgan fingerprint density at radius 3 is 2.64 bits per heavy atom. The zero-order chi connectivity index (χ0) is 15.9. The summed E-state index contributed by atoms with van der Waals surface area (Å²) in [7, 11) is 0. The van der Waals surface area contributed by atoms with E-state index in [1.54, 1.807) is 12.1 Å². The van der Waals surface area contributed by atoms with Gasteiger partial charge >= 0.3 is 0 Å². The van der Waals surface area contributed by atoms with E-state index in [1.165, 1.54) is 11.6 Å². The molecule has 1 unspecified atom stereocenters. The molecule has 2 N–H and O–H groups in total. The van der Waals surface area contributed by atoms with E-state index in [9.17, 15) is 4.39 Å². The summed E-state index contributed by atoms with van der Waals surface area (Å²) in [6, 6.07) is 15.3. The summed E-state index contributed by atoms with van der Waals surface area (Å²) in [5.41, 5.74) is 1.67. The van der Waals surface area contributed by atoms with Crippen molar-refractivity contribution >= 4 is 38.9 Å². The highest BCUT2D eigenvalue weighted by Crippen LogP contribution is 2.19. The SMILES string of the molecule is CC(CCc1ccccc1)NC(=S)Nc1ccc(Br)cc1F. The van der Waals surface area contributed by atoms with E-state index in [2.05, 4.69) is 45.6 Å². The number of hydrogen-bond donors (Lipinski definition) is 2. The predicted molar refractivity (Wildman–Crippen MR) is 97.7 cm³/mol.